The summed E-state index contributed by atoms with van der Waals surface area (Å²) in [7, 11) is 0. The van der Waals surface area contributed by atoms with Gasteiger partial charge in [0, 0.05) is 18.4 Å². The zero-order valence-electron chi connectivity index (χ0n) is 16.5. The zero-order valence-corrected chi connectivity index (χ0v) is 17.4. The van der Waals surface area contributed by atoms with Crippen LogP contribution in [0.15, 0.2) is 58.3 Å². The second kappa shape index (κ2) is 8.60. The number of halogens is 1. The summed E-state index contributed by atoms with van der Waals surface area (Å²) in [6.45, 7) is 1.74. The number of pyridine rings is 1. The first-order valence-electron chi connectivity index (χ1n) is 9.59. The average Bonchev–Trinajstić information content (AvgIpc) is 3.22. The molecule has 0 saturated carbocycles. The van der Waals surface area contributed by atoms with Gasteiger partial charge in [-0.3, -0.25) is 23.7 Å². The number of rotatable bonds is 6. The molecule has 1 amide bonds. The zero-order chi connectivity index (χ0) is 22.0. The molecule has 0 aliphatic rings. The summed E-state index contributed by atoms with van der Waals surface area (Å²) < 4.78 is 20.1. The largest absolute Gasteiger partial charge is 0.332 e. The molecule has 0 saturated heterocycles. The Balaban J connectivity index is 1.84. The number of amides is 1. The van der Waals surface area contributed by atoms with Crippen LogP contribution in [-0.4, -0.2) is 24.4 Å². The number of hydrogen-bond acceptors (Lipinski definition) is 6. The van der Waals surface area contributed by atoms with Crippen LogP contribution >= 0.6 is 11.5 Å². The Morgan fingerprint density at radius 3 is 2.58 bits per heavy atom. The van der Waals surface area contributed by atoms with E-state index in [-0.39, 0.29) is 23.3 Å². The fraction of sp³-hybridized carbons (Fsp3) is 0.190. The van der Waals surface area contributed by atoms with E-state index in [9.17, 15) is 18.8 Å². The molecule has 10 heteroatoms. The minimum atomic E-state index is -0.592. The second-order valence-electron chi connectivity index (χ2n) is 6.80. The minimum Gasteiger partial charge on any atom is -0.325 e. The maximum atomic E-state index is 13.2. The molecule has 4 aromatic rings. The molecular weight excluding hydrogens is 421 g/mol. The Hall–Kier alpha value is -3.66. The van der Waals surface area contributed by atoms with E-state index in [1.54, 1.807) is 24.4 Å². The van der Waals surface area contributed by atoms with Gasteiger partial charge in [-0.1, -0.05) is 13.0 Å². The van der Waals surface area contributed by atoms with Gasteiger partial charge in [0.05, 0.1) is 11.2 Å². The monoisotopic (exact) mass is 439 g/mol. The van der Waals surface area contributed by atoms with Crippen LogP contribution in [0.3, 0.4) is 0 Å². The molecule has 1 N–H and O–H groups in total. The van der Waals surface area contributed by atoms with E-state index >= 15 is 0 Å². The fourth-order valence-electron chi connectivity index (χ4n) is 3.24. The van der Waals surface area contributed by atoms with E-state index in [0.29, 0.717) is 23.5 Å². The Kier molecular flexibility index (Phi) is 5.72. The van der Waals surface area contributed by atoms with E-state index in [2.05, 4.69) is 14.7 Å². The van der Waals surface area contributed by atoms with Gasteiger partial charge in [-0.25, -0.2) is 9.18 Å². The van der Waals surface area contributed by atoms with Crippen molar-refractivity contribution < 1.29 is 9.18 Å². The third-order valence-corrected chi connectivity index (χ3v) is 5.45. The number of anilines is 1. The van der Waals surface area contributed by atoms with E-state index in [1.165, 1.54) is 28.8 Å². The van der Waals surface area contributed by atoms with Crippen molar-refractivity contribution in [2.45, 2.75) is 26.4 Å². The summed E-state index contributed by atoms with van der Waals surface area (Å²) in [6, 6.07) is 10.5. The minimum absolute atomic E-state index is 0.226. The van der Waals surface area contributed by atoms with Gasteiger partial charge in [0.25, 0.3) is 5.56 Å². The summed E-state index contributed by atoms with van der Waals surface area (Å²) in [5.41, 5.74) is 0.510. The summed E-state index contributed by atoms with van der Waals surface area (Å²) in [4.78, 5) is 43.0. The van der Waals surface area contributed by atoms with Gasteiger partial charge in [-0.2, -0.15) is 4.37 Å². The smallest absolute Gasteiger partial charge is 0.325 e. The maximum absolute atomic E-state index is 13.2. The van der Waals surface area contributed by atoms with Crippen LogP contribution in [0.4, 0.5) is 10.1 Å². The number of carbonyl (C=O) groups is 1. The topological polar surface area (TPSA) is 98.9 Å². The Bertz CT molecular complexity index is 1360. The normalized spacial score (nSPS) is 11.0. The highest BCUT2D eigenvalue weighted by Crippen LogP contribution is 2.26. The van der Waals surface area contributed by atoms with Crippen molar-refractivity contribution in [3.63, 3.8) is 0 Å². The van der Waals surface area contributed by atoms with E-state index in [0.717, 1.165) is 16.1 Å². The molecule has 0 radical (unpaired) electrons. The predicted molar refractivity (Wildman–Crippen MR) is 117 cm³/mol. The van der Waals surface area contributed by atoms with Crippen LogP contribution in [-0.2, 0) is 17.9 Å². The fourth-order valence-corrected chi connectivity index (χ4v) is 4.09. The van der Waals surface area contributed by atoms with Crippen LogP contribution < -0.4 is 16.6 Å². The van der Waals surface area contributed by atoms with Crippen LogP contribution in [0.2, 0.25) is 0 Å². The predicted octanol–water partition coefficient (Wildman–Crippen LogP) is 2.87. The maximum Gasteiger partial charge on any atom is 0.332 e. The molecule has 1 aromatic carbocycles. The van der Waals surface area contributed by atoms with Crippen molar-refractivity contribution in [3.8, 4) is 11.4 Å². The highest BCUT2D eigenvalue weighted by atomic mass is 32.1. The molecular formula is C21H18FN5O3S. The molecule has 3 heterocycles. The lowest BCUT2D eigenvalue weighted by Gasteiger charge is -2.12. The third kappa shape index (κ3) is 4.02. The van der Waals surface area contributed by atoms with Crippen molar-refractivity contribution in [2.75, 3.05) is 5.32 Å². The standard InChI is InChI=1S/C21H18FN5O3S/c1-2-11-26-20(29)19-18(17(25-31-19)15-5-3-4-10-23-15)27(21(26)30)12-16(28)24-14-8-6-13(22)7-9-14/h3-10H,2,11-12H2,1H3,(H,24,28). The van der Waals surface area contributed by atoms with Crippen LogP contribution in [0.25, 0.3) is 21.6 Å². The van der Waals surface area contributed by atoms with Gasteiger partial charge in [0.1, 0.15) is 22.8 Å². The van der Waals surface area contributed by atoms with Crippen molar-refractivity contribution in [1.29, 1.82) is 0 Å². The molecule has 0 fully saturated rings. The summed E-state index contributed by atoms with van der Waals surface area (Å²) in [5, 5.41) is 2.64. The average molecular weight is 439 g/mol. The van der Waals surface area contributed by atoms with Gasteiger partial charge >= 0.3 is 5.69 Å². The highest BCUT2D eigenvalue weighted by molar-refractivity contribution is 7.13. The number of benzene rings is 1. The molecule has 0 spiro atoms. The van der Waals surface area contributed by atoms with Gasteiger partial charge in [0.2, 0.25) is 5.91 Å². The first kappa shape index (κ1) is 20.6. The SMILES string of the molecule is CCCn1c(=O)c2snc(-c3ccccn3)c2n(CC(=O)Nc2ccc(F)cc2)c1=O. The molecule has 31 heavy (non-hydrogen) atoms. The Morgan fingerprint density at radius 2 is 1.90 bits per heavy atom. The molecule has 0 aliphatic carbocycles. The van der Waals surface area contributed by atoms with E-state index in [1.807, 2.05) is 6.92 Å². The summed E-state index contributed by atoms with van der Waals surface area (Å²) in [6.07, 6.45) is 2.16. The summed E-state index contributed by atoms with van der Waals surface area (Å²) in [5.74, 6) is -0.915. The van der Waals surface area contributed by atoms with Crippen molar-refractivity contribution in [2.24, 2.45) is 0 Å². The summed E-state index contributed by atoms with van der Waals surface area (Å²) >= 11 is 0.975. The lowest BCUT2D eigenvalue weighted by molar-refractivity contribution is -0.116. The van der Waals surface area contributed by atoms with E-state index < -0.39 is 23.0 Å². The van der Waals surface area contributed by atoms with Crippen molar-refractivity contribution >= 4 is 33.3 Å². The molecule has 158 valence electrons. The third-order valence-electron chi connectivity index (χ3n) is 4.62. The first-order valence-corrected chi connectivity index (χ1v) is 10.4. The lowest BCUT2D eigenvalue weighted by atomic mass is 10.2. The molecule has 8 nitrogen and oxygen atoms in total. The Morgan fingerprint density at radius 1 is 1.13 bits per heavy atom. The van der Waals surface area contributed by atoms with Crippen LogP contribution in [0.5, 0.6) is 0 Å². The quantitative estimate of drug-likeness (QED) is 0.498. The second-order valence-corrected chi connectivity index (χ2v) is 7.58. The number of hydrogen-bond donors (Lipinski definition) is 1. The van der Waals surface area contributed by atoms with E-state index in [4.69, 9.17) is 0 Å². The lowest BCUT2D eigenvalue weighted by Crippen LogP contribution is -2.41. The molecule has 0 atom stereocenters. The number of nitrogens with zero attached hydrogens (tertiary/aromatic N) is 4. The number of carbonyl (C=O) groups excluding carboxylic acids is 1. The molecule has 0 bridgehead atoms. The van der Waals surface area contributed by atoms with Crippen LogP contribution in [0, 0.1) is 5.82 Å². The molecule has 0 unspecified atom stereocenters. The number of aromatic nitrogens is 4. The van der Waals surface area contributed by atoms with Gasteiger partial charge in [-0.05, 0) is 54.4 Å². The highest BCUT2D eigenvalue weighted by Gasteiger charge is 2.22. The van der Waals surface area contributed by atoms with Gasteiger partial charge in [0.15, 0.2) is 0 Å². The van der Waals surface area contributed by atoms with Crippen molar-refractivity contribution in [3.05, 3.63) is 75.3 Å². The van der Waals surface area contributed by atoms with Crippen molar-refractivity contribution in [1.82, 2.24) is 18.5 Å². The van der Waals surface area contributed by atoms with Gasteiger partial charge in [-0.15, -0.1) is 0 Å². The molecule has 3 aromatic heterocycles. The number of fused-ring (bicyclic) bond motifs is 1. The van der Waals surface area contributed by atoms with Gasteiger partial charge < -0.3 is 5.32 Å². The first-order chi connectivity index (χ1) is 15.0. The van der Waals surface area contributed by atoms with Crippen LogP contribution in [0.1, 0.15) is 13.3 Å². The Labute approximate surface area is 179 Å². The number of nitrogens with one attached hydrogen (secondary N) is 1. The molecule has 0 aliphatic heterocycles. The molecule has 4 rings (SSSR count).